The van der Waals surface area contributed by atoms with Crippen LogP contribution in [-0.2, 0) is 11.8 Å². The number of ether oxygens (including phenoxy) is 1. The Morgan fingerprint density at radius 2 is 2.27 bits per heavy atom. The van der Waals surface area contributed by atoms with E-state index in [-0.39, 0.29) is 17.2 Å². The van der Waals surface area contributed by atoms with Gasteiger partial charge in [-0.05, 0) is 13.0 Å². The van der Waals surface area contributed by atoms with Crippen molar-refractivity contribution in [3.8, 4) is 11.3 Å². The Morgan fingerprint density at radius 1 is 1.45 bits per heavy atom. The number of rotatable bonds is 2. The number of anilines is 1. The Kier molecular flexibility index (Phi) is 3.89. The van der Waals surface area contributed by atoms with Crippen LogP contribution < -0.4 is 10.5 Å². The molecule has 3 rings (SSSR count). The average molecular weight is 304 g/mol. The molecule has 0 N–H and O–H groups in total. The van der Waals surface area contributed by atoms with E-state index >= 15 is 0 Å². The summed E-state index contributed by atoms with van der Waals surface area (Å²) in [6.07, 6.45) is 2.66. The van der Waals surface area contributed by atoms with Crippen molar-refractivity contribution in [2.24, 2.45) is 7.05 Å². The first kappa shape index (κ1) is 14.6. The minimum absolute atomic E-state index is 0.0620. The van der Waals surface area contributed by atoms with Gasteiger partial charge < -0.3 is 9.64 Å². The van der Waals surface area contributed by atoms with E-state index in [1.807, 2.05) is 11.8 Å². The second kappa shape index (κ2) is 5.84. The van der Waals surface area contributed by atoms with Crippen LogP contribution in [0.2, 0.25) is 0 Å². The average Bonchev–Trinajstić information content (AvgIpc) is 2.50. The van der Waals surface area contributed by atoms with Gasteiger partial charge in [0.25, 0.3) is 5.56 Å². The molecule has 0 saturated carbocycles. The fourth-order valence-electron chi connectivity index (χ4n) is 2.53. The summed E-state index contributed by atoms with van der Waals surface area (Å²) < 4.78 is 20.9. The number of nitrogens with zero attached hydrogens (tertiary/aromatic N) is 4. The first-order chi connectivity index (χ1) is 10.6. The normalized spacial score (nSPS) is 18.5. The molecule has 7 heteroatoms. The highest BCUT2D eigenvalue weighted by Gasteiger charge is 2.21. The molecule has 3 heterocycles. The quantitative estimate of drug-likeness (QED) is 0.834. The van der Waals surface area contributed by atoms with Gasteiger partial charge in [0.2, 0.25) is 5.95 Å². The summed E-state index contributed by atoms with van der Waals surface area (Å²) in [6, 6.07) is 2.86. The van der Waals surface area contributed by atoms with Gasteiger partial charge in [-0.25, -0.2) is 9.37 Å². The summed E-state index contributed by atoms with van der Waals surface area (Å²) >= 11 is 0. The van der Waals surface area contributed by atoms with E-state index in [4.69, 9.17) is 4.74 Å². The second-order valence-electron chi connectivity index (χ2n) is 5.32. The summed E-state index contributed by atoms with van der Waals surface area (Å²) in [5.41, 5.74) is 0.364. The predicted molar refractivity (Wildman–Crippen MR) is 80.3 cm³/mol. The second-order valence-corrected chi connectivity index (χ2v) is 5.32. The molecule has 1 aliphatic heterocycles. The first-order valence-electron chi connectivity index (χ1n) is 7.11. The smallest absolute Gasteiger partial charge is 0.255 e. The molecule has 1 fully saturated rings. The predicted octanol–water partition coefficient (Wildman–Crippen LogP) is 1.21. The van der Waals surface area contributed by atoms with Crippen molar-refractivity contribution in [3.05, 3.63) is 40.7 Å². The zero-order valence-electron chi connectivity index (χ0n) is 12.5. The number of hydrogen-bond donors (Lipinski definition) is 0. The number of halogens is 1. The summed E-state index contributed by atoms with van der Waals surface area (Å²) in [7, 11) is 1.66. The Hall–Kier alpha value is -2.28. The van der Waals surface area contributed by atoms with Gasteiger partial charge in [-0.15, -0.1) is 0 Å². The molecular weight excluding hydrogens is 287 g/mol. The number of pyridine rings is 1. The summed E-state index contributed by atoms with van der Waals surface area (Å²) in [5.74, 6) is 0.0263. The zero-order valence-corrected chi connectivity index (χ0v) is 12.5. The van der Waals surface area contributed by atoms with Gasteiger partial charge in [0.15, 0.2) is 5.82 Å². The molecule has 6 nitrogen and oxygen atoms in total. The summed E-state index contributed by atoms with van der Waals surface area (Å²) in [5, 5.41) is 0. The van der Waals surface area contributed by atoms with E-state index in [1.165, 1.54) is 22.9 Å². The van der Waals surface area contributed by atoms with Gasteiger partial charge in [-0.1, -0.05) is 0 Å². The lowest BCUT2D eigenvalue weighted by Crippen LogP contribution is -2.44. The van der Waals surface area contributed by atoms with Crippen LogP contribution in [0.1, 0.15) is 6.92 Å². The van der Waals surface area contributed by atoms with Gasteiger partial charge in [-0.2, -0.15) is 0 Å². The maximum atomic E-state index is 13.9. The highest BCUT2D eigenvalue weighted by atomic mass is 19.1. The third-order valence-corrected chi connectivity index (χ3v) is 3.68. The molecule has 2 aromatic heterocycles. The molecular formula is C15H17FN4O2. The van der Waals surface area contributed by atoms with E-state index in [1.54, 1.807) is 7.05 Å². The van der Waals surface area contributed by atoms with Crippen LogP contribution in [0.4, 0.5) is 10.3 Å². The minimum Gasteiger partial charge on any atom is -0.375 e. The zero-order chi connectivity index (χ0) is 15.7. The summed E-state index contributed by atoms with van der Waals surface area (Å²) in [4.78, 5) is 22.4. The molecule has 1 unspecified atom stereocenters. The topological polar surface area (TPSA) is 60.2 Å². The summed E-state index contributed by atoms with van der Waals surface area (Å²) in [6.45, 7) is 3.83. The van der Waals surface area contributed by atoms with Crippen molar-refractivity contribution in [1.29, 1.82) is 0 Å². The molecule has 22 heavy (non-hydrogen) atoms. The van der Waals surface area contributed by atoms with Gasteiger partial charge in [-0.3, -0.25) is 14.3 Å². The lowest BCUT2D eigenvalue weighted by molar-refractivity contribution is 0.0523. The number of morpholine rings is 1. The van der Waals surface area contributed by atoms with Crippen LogP contribution in [0.5, 0.6) is 0 Å². The molecule has 1 atom stereocenters. The highest BCUT2D eigenvalue weighted by molar-refractivity contribution is 5.60. The minimum atomic E-state index is -0.496. The molecule has 0 amide bonds. The molecule has 0 aromatic carbocycles. The molecule has 0 spiro atoms. The van der Waals surface area contributed by atoms with Gasteiger partial charge >= 0.3 is 0 Å². The molecule has 1 aliphatic rings. The third kappa shape index (κ3) is 2.71. The van der Waals surface area contributed by atoms with Crippen LogP contribution in [-0.4, -0.2) is 40.3 Å². The number of hydrogen-bond acceptors (Lipinski definition) is 5. The van der Waals surface area contributed by atoms with E-state index in [9.17, 15) is 9.18 Å². The molecule has 1 saturated heterocycles. The van der Waals surface area contributed by atoms with Gasteiger partial charge in [0, 0.05) is 38.0 Å². The van der Waals surface area contributed by atoms with E-state index in [0.29, 0.717) is 31.3 Å². The van der Waals surface area contributed by atoms with Crippen LogP contribution >= 0.6 is 0 Å². The SMILES string of the molecule is CC1CN(c2nc(-c3ccncc3F)cc(=O)n2C)CCO1. The van der Waals surface area contributed by atoms with Crippen LogP contribution in [0.3, 0.4) is 0 Å². The highest BCUT2D eigenvalue weighted by Crippen LogP contribution is 2.21. The lowest BCUT2D eigenvalue weighted by atomic mass is 10.2. The fraction of sp³-hybridized carbons (Fsp3) is 0.400. The monoisotopic (exact) mass is 304 g/mol. The maximum Gasteiger partial charge on any atom is 0.255 e. The van der Waals surface area contributed by atoms with E-state index in [0.717, 1.165) is 6.20 Å². The first-order valence-corrected chi connectivity index (χ1v) is 7.11. The van der Waals surface area contributed by atoms with Crippen molar-refractivity contribution in [1.82, 2.24) is 14.5 Å². The van der Waals surface area contributed by atoms with Crippen molar-refractivity contribution in [2.75, 3.05) is 24.6 Å². The van der Waals surface area contributed by atoms with E-state index in [2.05, 4.69) is 9.97 Å². The molecule has 2 aromatic rings. The third-order valence-electron chi connectivity index (χ3n) is 3.68. The molecule has 116 valence electrons. The maximum absolute atomic E-state index is 13.9. The standard InChI is InChI=1S/C15H17FN4O2/c1-10-9-20(5-6-22-10)15-18-13(7-14(21)19(15)2)11-3-4-17-8-12(11)16/h3-4,7-8,10H,5-6,9H2,1-2H3. The Bertz CT molecular complexity index is 747. The van der Waals surface area contributed by atoms with Crippen LogP contribution in [0, 0.1) is 5.82 Å². The Balaban J connectivity index is 2.08. The van der Waals surface area contributed by atoms with Gasteiger partial charge in [0.05, 0.1) is 24.6 Å². The van der Waals surface area contributed by atoms with Crippen LogP contribution in [0.15, 0.2) is 29.3 Å². The molecule has 0 radical (unpaired) electrons. The molecule has 0 aliphatic carbocycles. The number of aromatic nitrogens is 3. The largest absolute Gasteiger partial charge is 0.375 e. The lowest BCUT2D eigenvalue weighted by Gasteiger charge is -2.32. The Morgan fingerprint density at radius 3 is 3.00 bits per heavy atom. The van der Waals surface area contributed by atoms with Crippen molar-refractivity contribution < 1.29 is 9.13 Å². The Labute approximate surface area is 127 Å². The van der Waals surface area contributed by atoms with Crippen LogP contribution in [0.25, 0.3) is 11.3 Å². The fourth-order valence-corrected chi connectivity index (χ4v) is 2.53. The van der Waals surface area contributed by atoms with E-state index < -0.39 is 5.82 Å². The molecule has 0 bridgehead atoms. The van der Waals surface area contributed by atoms with Crippen molar-refractivity contribution >= 4 is 5.95 Å². The van der Waals surface area contributed by atoms with Gasteiger partial charge in [0.1, 0.15) is 0 Å². The van der Waals surface area contributed by atoms with Crippen molar-refractivity contribution in [3.63, 3.8) is 0 Å². The van der Waals surface area contributed by atoms with Crippen molar-refractivity contribution in [2.45, 2.75) is 13.0 Å².